The normalized spacial score (nSPS) is 11.8. The number of aromatic amines is 1. The predicted octanol–water partition coefficient (Wildman–Crippen LogP) is 3.77. The summed E-state index contributed by atoms with van der Waals surface area (Å²) in [5.41, 5.74) is 8.91. The van der Waals surface area contributed by atoms with Gasteiger partial charge in [0.1, 0.15) is 10.0 Å². The number of thiophene rings is 1. The highest BCUT2D eigenvalue weighted by molar-refractivity contribution is 8.01. The van der Waals surface area contributed by atoms with Gasteiger partial charge in [-0.15, -0.1) is 33.3 Å². The van der Waals surface area contributed by atoms with Gasteiger partial charge in [0.25, 0.3) is 0 Å². The van der Waals surface area contributed by atoms with E-state index in [-0.39, 0.29) is 11.9 Å². The fraction of sp³-hybridized carbons (Fsp3) is 0.174. The zero-order chi connectivity index (χ0) is 25.7. The van der Waals surface area contributed by atoms with Crippen LogP contribution in [0, 0.1) is 12.3 Å². The van der Waals surface area contributed by atoms with E-state index in [1.54, 1.807) is 6.07 Å². The molecule has 4 aromatic rings. The third-order valence-electron chi connectivity index (χ3n) is 5.20. The second kappa shape index (κ2) is 11.6. The Morgan fingerprint density at radius 2 is 2.08 bits per heavy atom. The Hall–Kier alpha value is -3.39. The average Bonchev–Trinajstić information content (AvgIpc) is 3.54. The molecule has 4 rings (SSSR count). The molecule has 13 heteroatoms. The summed E-state index contributed by atoms with van der Waals surface area (Å²) in [5, 5.41) is 27.0. The number of nitrogen functional groups attached to an aromatic ring is 1. The van der Waals surface area contributed by atoms with Gasteiger partial charge in [-0.1, -0.05) is 29.5 Å². The number of benzene rings is 2. The number of hydrogen-bond acceptors (Lipinski definition) is 8. The van der Waals surface area contributed by atoms with Crippen molar-refractivity contribution in [3.05, 3.63) is 64.8 Å². The monoisotopic (exact) mass is 540 g/mol. The zero-order valence-electron chi connectivity index (χ0n) is 19.5. The second-order valence-electron chi connectivity index (χ2n) is 7.63. The van der Waals surface area contributed by atoms with Crippen molar-refractivity contribution in [2.24, 2.45) is 5.73 Å². The standard InChI is InChI=1S/C23H24N8O2S3/c1-13-5-3-8-16(27-23(32)26-10-9-19-28-30-31-29-19)20(13)14-6-4-7-15(11-14)36(33)18-12-17(21(24)25)35-22(18)34-2/h3-8,11-12H,9-10H2,1-2H3,(H3,24,25)(H2,26,27,32)(H,28,29,30,31). The van der Waals surface area contributed by atoms with E-state index in [2.05, 4.69) is 31.3 Å². The Morgan fingerprint density at radius 1 is 1.28 bits per heavy atom. The molecule has 0 aliphatic heterocycles. The molecule has 0 saturated heterocycles. The van der Waals surface area contributed by atoms with Gasteiger partial charge in [0.15, 0.2) is 15.6 Å². The second-order valence-corrected chi connectivity index (χ2v) is 11.2. The summed E-state index contributed by atoms with van der Waals surface area (Å²) in [6.07, 6.45) is 2.36. The molecule has 6 N–H and O–H groups in total. The van der Waals surface area contributed by atoms with Crippen molar-refractivity contribution in [2.45, 2.75) is 27.3 Å². The maximum atomic E-state index is 13.5. The number of carbonyl (C=O) groups excluding carboxylic acids is 1. The van der Waals surface area contributed by atoms with Crippen LogP contribution in [0.4, 0.5) is 10.5 Å². The Balaban J connectivity index is 1.57. The number of aryl methyl sites for hydroxylation is 1. The molecule has 0 fully saturated rings. The molecule has 2 amide bonds. The molecule has 0 bridgehead atoms. The van der Waals surface area contributed by atoms with Crippen LogP contribution in [0.15, 0.2) is 62.5 Å². The molecule has 1 atom stereocenters. The third kappa shape index (κ3) is 5.87. The quantitative estimate of drug-likeness (QED) is 0.0931. The van der Waals surface area contributed by atoms with Gasteiger partial charge in [-0.05, 0) is 36.4 Å². The van der Waals surface area contributed by atoms with Crippen LogP contribution in [-0.4, -0.2) is 49.8 Å². The highest BCUT2D eigenvalue weighted by Gasteiger charge is 2.24. The van der Waals surface area contributed by atoms with Crippen LogP contribution in [0.5, 0.6) is 0 Å². The van der Waals surface area contributed by atoms with E-state index in [0.29, 0.717) is 39.1 Å². The molecule has 0 aliphatic rings. The number of aromatic nitrogens is 4. The van der Waals surface area contributed by atoms with Gasteiger partial charge in [-0.25, -0.2) is 4.79 Å². The molecule has 186 valence electrons. The number of nitrogens with two attached hydrogens (primary N) is 1. The Kier molecular flexibility index (Phi) is 8.25. The molecule has 0 saturated carbocycles. The molecule has 1 unspecified atom stereocenters. The van der Waals surface area contributed by atoms with Crippen molar-refractivity contribution in [2.75, 3.05) is 18.1 Å². The minimum Gasteiger partial charge on any atom is -0.606 e. The molecule has 2 heterocycles. The van der Waals surface area contributed by atoms with E-state index in [9.17, 15) is 9.35 Å². The predicted molar refractivity (Wildman–Crippen MR) is 143 cm³/mol. The van der Waals surface area contributed by atoms with E-state index < -0.39 is 11.2 Å². The number of rotatable bonds is 9. The largest absolute Gasteiger partial charge is 0.606 e. The molecule has 10 nitrogen and oxygen atoms in total. The van der Waals surface area contributed by atoms with Gasteiger partial charge in [0.2, 0.25) is 0 Å². The first-order valence-corrected chi connectivity index (χ1v) is 14.0. The Labute approximate surface area is 219 Å². The summed E-state index contributed by atoms with van der Waals surface area (Å²) >= 11 is 1.38. The molecule has 2 aromatic heterocycles. The Morgan fingerprint density at radius 3 is 2.81 bits per heavy atom. The summed E-state index contributed by atoms with van der Waals surface area (Å²) in [4.78, 5) is 14.4. The fourth-order valence-electron chi connectivity index (χ4n) is 3.55. The van der Waals surface area contributed by atoms with Crippen LogP contribution in [0.1, 0.15) is 16.3 Å². The number of H-pyrrole nitrogens is 1. The van der Waals surface area contributed by atoms with Crippen LogP contribution in [0.2, 0.25) is 0 Å². The van der Waals surface area contributed by atoms with Gasteiger partial charge in [-0.3, -0.25) is 5.41 Å². The minimum atomic E-state index is -1.46. The number of carbonyl (C=O) groups is 1. The summed E-state index contributed by atoms with van der Waals surface area (Å²) < 4.78 is 14.4. The number of urea groups is 1. The maximum absolute atomic E-state index is 13.5. The summed E-state index contributed by atoms with van der Waals surface area (Å²) in [7, 11) is 0. The van der Waals surface area contributed by atoms with Crippen LogP contribution < -0.4 is 16.4 Å². The van der Waals surface area contributed by atoms with Gasteiger partial charge in [0, 0.05) is 41.8 Å². The van der Waals surface area contributed by atoms with Crippen molar-refractivity contribution in [1.29, 1.82) is 5.41 Å². The smallest absolute Gasteiger partial charge is 0.319 e. The lowest BCUT2D eigenvalue weighted by atomic mass is 9.98. The molecule has 2 aromatic carbocycles. The number of tetrazole rings is 1. The van der Waals surface area contributed by atoms with Gasteiger partial charge < -0.3 is 20.9 Å². The molecule has 0 aliphatic carbocycles. The number of thioether (sulfide) groups is 1. The lowest BCUT2D eigenvalue weighted by Gasteiger charge is -2.16. The number of nitrogens with one attached hydrogen (secondary N) is 4. The van der Waals surface area contributed by atoms with Gasteiger partial charge >= 0.3 is 6.03 Å². The van der Waals surface area contributed by atoms with Gasteiger partial charge in [-0.2, -0.15) is 5.21 Å². The van der Waals surface area contributed by atoms with Crippen molar-refractivity contribution < 1.29 is 9.35 Å². The first-order valence-electron chi connectivity index (χ1n) is 10.8. The summed E-state index contributed by atoms with van der Waals surface area (Å²) in [5.74, 6) is 0.473. The number of anilines is 1. The van der Waals surface area contributed by atoms with E-state index >= 15 is 0 Å². The van der Waals surface area contributed by atoms with E-state index in [1.165, 1.54) is 23.1 Å². The summed E-state index contributed by atoms with van der Waals surface area (Å²) in [6, 6.07) is 14.5. The number of amidine groups is 1. The first kappa shape index (κ1) is 25.7. The van der Waals surface area contributed by atoms with Crippen molar-refractivity contribution in [3.63, 3.8) is 0 Å². The van der Waals surface area contributed by atoms with Crippen molar-refractivity contribution in [1.82, 2.24) is 25.9 Å². The van der Waals surface area contributed by atoms with Crippen molar-refractivity contribution >= 4 is 51.8 Å². The van der Waals surface area contributed by atoms with E-state index in [1.807, 2.05) is 55.6 Å². The van der Waals surface area contributed by atoms with Crippen LogP contribution in [-0.2, 0) is 17.6 Å². The third-order valence-corrected chi connectivity index (χ3v) is 9.16. The Bertz CT molecular complexity index is 1370. The summed E-state index contributed by atoms with van der Waals surface area (Å²) in [6.45, 7) is 2.31. The molecular weight excluding hydrogens is 517 g/mol. The van der Waals surface area contributed by atoms with Crippen LogP contribution in [0.25, 0.3) is 11.1 Å². The molecule has 0 spiro atoms. The SMILES string of the molecule is CSc1sc(C(=N)N)cc1[S+]([O-])c1cccc(-c2c(C)cccc2NC(=O)NCCc2nn[nH]n2)c1. The molecule has 0 radical (unpaired) electrons. The molecule has 36 heavy (non-hydrogen) atoms. The van der Waals surface area contributed by atoms with E-state index in [0.717, 1.165) is 20.9 Å². The molecular formula is C23H24N8O2S3. The van der Waals surface area contributed by atoms with Crippen molar-refractivity contribution in [3.8, 4) is 11.1 Å². The highest BCUT2D eigenvalue weighted by Crippen LogP contribution is 2.38. The maximum Gasteiger partial charge on any atom is 0.319 e. The van der Waals surface area contributed by atoms with Gasteiger partial charge in [0.05, 0.1) is 10.6 Å². The van der Waals surface area contributed by atoms with Crippen LogP contribution in [0.3, 0.4) is 0 Å². The lowest BCUT2D eigenvalue weighted by Crippen LogP contribution is -2.30. The van der Waals surface area contributed by atoms with Crippen LogP contribution >= 0.6 is 23.1 Å². The first-order chi connectivity index (χ1) is 17.4. The number of nitrogens with zero attached hydrogens (tertiary/aromatic N) is 3. The average molecular weight is 541 g/mol. The topological polar surface area (TPSA) is 169 Å². The lowest BCUT2D eigenvalue weighted by molar-refractivity contribution is 0.252. The van der Waals surface area contributed by atoms with E-state index in [4.69, 9.17) is 11.1 Å². The highest BCUT2D eigenvalue weighted by atomic mass is 32.2. The fourth-order valence-corrected chi connectivity index (χ4v) is 7.03. The minimum absolute atomic E-state index is 0.0431. The number of amides is 2. The zero-order valence-corrected chi connectivity index (χ0v) is 21.9. The number of hydrogen-bond donors (Lipinski definition) is 5.